The predicted molar refractivity (Wildman–Crippen MR) is 101 cm³/mol. The van der Waals surface area contributed by atoms with Crippen LogP contribution in [0, 0.1) is 0 Å². The van der Waals surface area contributed by atoms with Gasteiger partial charge in [-0.1, -0.05) is 19.1 Å². The number of carboxylic acid groups (broad SMARTS) is 2. The second-order valence-electron chi connectivity index (χ2n) is 5.27. The smallest absolute Gasteiger partial charge is 0.349 e. The fourth-order valence-corrected chi connectivity index (χ4v) is 4.06. The first-order valence-corrected chi connectivity index (χ1v) is 9.24. The Balaban J connectivity index is 2.39. The van der Waals surface area contributed by atoms with E-state index in [1.165, 1.54) is 0 Å². The van der Waals surface area contributed by atoms with E-state index in [0.717, 1.165) is 17.8 Å². The van der Waals surface area contributed by atoms with Gasteiger partial charge in [-0.15, -0.1) is 11.3 Å². The first kappa shape index (κ1) is 19.9. The van der Waals surface area contributed by atoms with E-state index in [2.05, 4.69) is 21.2 Å². The van der Waals surface area contributed by atoms with Gasteiger partial charge in [0.15, 0.2) is 17.2 Å². The number of anilines is 1. The van der Waals surface area contributed by atoms with Gasteiger partial charge in [0.25, 0.3) is 0 Å². The quantitative estimate of drug-likeness (QED) is 0.568. The van der Waals surface area contributed by atoms with Gasteiger partial charge in [0.2, 0.25) is 5.91 Å². The van der Waals surface area contributed by atoms with Gasteiger partial charge in [-0.25, -0.2) is 9.59 Å². The third-order valence-corrected chi connectivity index (χ3v) is 5.46. The summed E-state index contributed by atoms with van der Waals surface area (Å²) < 4.78 is 5.49. The summed E-state index contributed by atoms with van der Waals surface area (Å²) in [4.78, 5) is 34.4. The molecule has 1 heterocycles. The number of halogens is 1. The number of ether oxygens (including phenoxy) is 1. The Kier molecular flexibility index (Phi) is 6.76. The minimum atomic E-state index is -1.21. The first-order valence-electron chi connectivity index (χ1n) is 7.64. The molecular formula is C17H16BrNO6S. The van der Waals surface area contributed by atoms with Crippen molar-refractivity contribution in [2.45, 2.75) is 19.8 Å². The van der Waals surface area contributed by atoms with E-state index in [1.54, 1.807) is 24.3 Å². The number of amides is 1. The Morgan fingerprint density at radius 3 is 2.62 bits per heavy atom. The number of benzene rings is 1. The topological polar surface area (TPSA) is 113 Å². The number of carbonyl (C=O) groups excluding carboxylic acids is 1. The molecule has 0 atom stereocenters. The Bertz CT molecular complexity index is 848. The summed E-state index contributed by atoms with van der Waals surface area (Å²) in [6, 6.07) is 6.95. The van der Waals surface area contributed by atoms with Crippen LogP contribution < -0.4 is 10.1 Å². The van der Waals surface area contributed by atoms with Crippen LogP contribution in [0.3, 0.4) is 0 Å². The standard InChI is InChI=1S/C17H16BrNO6S/c1-2-4-11(20)19-10-6-3-5-9(7-10)15-13(18)14(25-8-12(21)22)16(26-15)17(23)24/h3,5-7H,2,4,8H2,1H3,(H,19,20)(H,21,22)(H,23,24). The van der Waals surface area contributed by atoms with Crippen LogP contribution in [0.2, 0.25) is 0 Å². The minimum Gasteiger partial charge on any atom is -0.479 e. The molecule has 0 saturated carbocycles. The second-order valence-corrected chi connectivity index (χ2v) is 7.08. The molecule has 0 unspecified atom stereocenters. The van der Waals surface area contributed by atoms with Crippen LogP contribution in [0.5, 0.6) is 5.75 Å². The summed E-state index contributed by atoms with van der Waals surface area (Å²) in [6.07, 6.45) is 1.14. The van der Waals surface area contributed by atoms with Gasteiger partial charge in [-0.3, -0.25) is 4.79 Å². The molecule has 0 fully saturated rings. The van der Waals surface area contributed by atoms with Crippen LogP contribution in [0.4, 0.5) is 5.69 Å². The summed E-state index contributed by atoms with van der Waals surface area (Å²) in [5.74, 6) is -2.55. The van der Waals surface area contributed by atoms with Gasteiger partial charge >= 0.3 is 11.9 Å². The van der Waals surface area contributed by atoms with Gasteiger partial charge < -0.3 is 20.3 Å². The third-order valence-electron chi connectivity index (χ3n) is 3.23. The van der Waals surface area contributed by atoms with Gasteiger partial charge in [0.1, 0.15) is 0 Å². The molecular weight excluding hydrogens is 426 g/mol. The molecule has 1 aromatic heterocycles. The molecule has 0 aliphatic carbocycles. The Morgan fingerprint density at radius 1 is 1.27 bits per heavy atom. The third kappa shape index (κ3) is 4.83. The van der Waals surface area contributed by atoms with Crippen molar-refractivity contribution < 1.29 is 29.3 Å². The summed E-state index contributed by atoms with van der Waals surface area (Å²) in [6.45, 7) is 1.26. The Labute approximate surface area is 161 Å². The van der Waals surface area contributed by atoms with Gasteiger partial charge in [0, 0.05) is 12.1 Å². The van der Waals surface area contributed by atoms with E-state index in [9.17, 15) is 19.5 Å². The minimum absolute atomic E-state index is 0.0275. The molecule has 0 bridgehead atoms. The highest BCUT2D eigenvalue weighted by Gasteiger charge is 2.24. The van der Waals surface area contributed by atoms with Crippen LogP contribution >= 0.6 is 27.3 Å². The van der Waals surface area contributed by atoms with Crippen molar-refractivity contribution in [1.29, 1.82) is 0 Å². The average Bonchev–Trinajstić information content (AvgIpc) is 2.90. The zero-order valence-corrected chi connectivity index (χ0v) is 16.1. The molecule has 1 amide bonds. The van der Waals surface area contributed by atoms with Crippen LogP contribution in [0.1, 0.15) is 29.4 Å². The Hall–Kier alpha value is -2.39. The molecule has 0 aliphatic rings. The van der Waals surface area contributed by atoms with Crippen LogP contribution in [-0.4, -0.2) is 34.7 Å². The van der Waals surface area contributed by atoms with Crippen molar-refractivity contribution in [2.24, 2.45) is 0 Å². The largest absolute Gasteiger partial charge is 0.479 e. The average molecular weight is 442 g/mol. The lowest BCUT2D eigenvalue weighted by Gasteiger charge is -2.07. The number of carbonyl (C=O) groups is 3. The molecule has 7 nitrogen and oxygen atoms in total. The summed E-state index contributed by atoms with van der Waals surface area (Å²) in [5, 5.41) is 20.9. The van der Waals surface area contributed by atoms with E-state index in [-0.39, 0.29) is 16.5 Å². The summed E-state index contributed by atoms with van der Waals surface area (Å²) in [7, 11) is 0. The maximum atomic E-state index is 11.8. The van der Waals surface area contributed by atoms with Crippen molar-refractivity contribution in [3.05, 3.63) is 33.6 Å². The summed E-state index contributed by atoms with van der Waals surface area (Å²) in [5.41, 5.74) is 1.26. The number of carboxylic acids is 2. The maximum absolute atomic E-state index is 11.8. The molecule has 2 rings (SSSR count). The lowest BCUT2D eigenvalue weighted by Crippen LogP contribution is -2.11. The van der Waals surface area contributed by atoms with E-state index >= 15 is 0 Å². The van der Waals surface area contributed by atoms with Crippen LogP contribution in [0.15, 0.2) is 28.7 Å². The van der Waals surface area contributed by atoms with Crippen LogP contribution in [0.25, 0.3) is 10.4 Å². The molecule has 3 N–H and O–H groups in total. The normalized spacial score (nSPS) is 10.4. The number of rotatable bonds is 8. The van der Waals surface area contributed by atoms with Crippen molar-refractivity contribution in [3.8, 4) is 16.2 Å². The highest BCUT2D eigenvalue weighted by Crippen LogP contribution is 2.46. The van der Waals surface area contributed by atoms with E-state index in [4.69, 9.17) is 9.84 Å². The predicted octanol–water partition coefficient (Wildman–Crippen LogP) is 4.08. The fraction of sp³-hybridized carbons (Fsp3) is 0.235. The lowest BCUT2D eigenvalue weighted by atomic mass is 10.1. The summed E-state index contributed by atoms with van der Waals surface area (Å²) >= 11 is 4.26. The number of hydrogen-bond donors (Lipinski definition) is 3. The number of thiophene rings is 1. The van der Waals surface area contributed by atoms with Crippen molar-refractivity contribution in [1.82, 2.24) is 0 Å². The molecule has 0 saturated heterocycles. The molecule has 1 aromatic carbocycles. The number of aromatic carboxylic acids is 1. The van der Waals surface area contributed by atoms with E-state index in [0.29, 0.717) is 27.0 Å². The van der Waals surface area contributed by atoms with Gasteiger partial charge in [-0.2, -0.15) is 0 Å². The fourth-order valence-electron chi connectivity index (χ4n) is 2.17. The van der Waals surface area contributed by atoms with Crippen molar-refractivity contribution >= 4 is 50.8 Å². The number of aliphatic carboxylic acids is 1. The zero-order chi connectivity index (χ0) is 19.3. The molecule has 0 aliphatic heterocycles. The molecule has 26 heavy (non-hydrogen) atoms. The van der Waals surface area contributed by atoms with Gasteiger partial charge in [-0.05, 0) is 40.0 Å². The highest BCUT2D eigenvalue weighted by molar-refractivity contribution is 9.10. The first-order chi connectivity index (χ1) is 12.3. The molecule has 0 radical (unpaired) electrons. The van der Waals surface area contributed by atoms with Crippen molar-refractivity contribution in [2.75, 3.05) is 11.9 Å². The van der Waals surface area contributed by atoms with E-state index in [1.807, 2.05) is 6.92 Å². The lowest BCUT2D eigenvalue weighted by molar-refractivity contribution is -0.139. The SMILES string of the molecule is CCCC(=O)Nc1cccc(-c2sc(C(=O)O)c(OCC(=O)O)c2Br)c1. The zero-order valence-electron chi connectivity index (χ0n) is 13.7. The number of nitrogens with one attached hydrogen (secondary N) is 1. The molecule has 9 heteroatoms. The molecule has 138 valence electrons. The maximum Gasteiger partial charge on any atom is 0.349 e. The number of hydrogen-bond acceptors (Lipinski definition) is 5. The van der Waals surface area contributed by atoms with Crippen LogP contribution in [-0.2, 0) is 9.59 Å². The van der Waals surface area contributed by atoms with Crippen molar-refractivity contribution in [3.63, 3.8) is 0 Å². The molecule has 2 aromatic rings. The Morgan fingerprint density at radius 2 is 2.00 bits per heavy atom. The monoisotopic (exact) mass is 441 g/mol. The molecule has 0 spiro atoms. The van der Waals surface area contributed by atoms with E-state index < -0.39 is 18.5 Å². The van der Waals surface area contributed by atoms with Gasteiger partial charge in [0.05, 0.1) is 9.35 Å². The second kappa shape index (κ2) is 8.81. The highest BCUT2D eigenvalue weighted by atomic mass is 79.9.